The van der Waals surface area contributed by atoms with E-state index in [2.05, 4.69) is 4.99 Å². The summed E-state index contributed by atoms with van der Waals surface area (Å²) < 4.78 is -0.0311. The summed E-state index contributed by atoms with van der Waals surface area (Å²) in [7, 11) is 0. The number of nitro groups is 1. The van der Waals surface area contributed by atoms with Crippen molar-refractivity contribution in [2.24, 2.45) is 4.99 Å². The second-order valence-electron chi connectivity index (χ2n) is 4.55. The summed E-state index contributed by atoms with van der Waals surface area (Å²) in [6.45, 7) is 4.61. The van der Waals surface area contributed by atoms with Gasteiger partial charge in [-0.25, -0.2) is 0 Å². The number of phenolic OH excluding ortho intramolecular Hbond substituents is 1. The van der Waals surface area contributed by atoms with Crippen LogP contribution in [0.25, 0.3) is 0 Å². The first-order chi connectivity index (χ1) is 8.76. The van der Waals surface area contributed by atoms with Crippen molar-refractivity contribution in [2.75, 3.05) is 12.8 Å². The number of hydrogen-bond donors (Lipinski definition) is 1. The van der Waals surface area contributed by atoms with Crippen molar-refractivity contribution in [3.05, 3.63) is 32.8 Å². The van der Waals surface area contributed by atoms with E-state index in [1.54, 1.807) is 11.8 Å². The predicted octanol–water partition coefficient (Wildman–Crippen LogP) is 3.51. The van der Waals surface area contributed by atoms with Crippen molar-refractivity contribution in [3.8, 4) is 5.75 Å². The molecule has 0 radical (unpaired) electrons. The molecule has 104 valence electrons. The summed E-state index contributed by atoms with van der Waals surface area (Å²) in [6.07, 6.45) is 3.39. The van der Waals surface area contributed by atoms with E-state index in [1.807, 2.05) is 20.1 Å². The maximum atomic E-state index is 10.7. The Morgan fingerprint density at radius 3 is 2.74 bits per heavy atom. The SMILES string of the molecule is CSC(C)(C)CN=Cc1cc(Cl)cc([N+](=O)[O-])c1O. The summed E-state index contributed by atoms with van der Waals surface area (Å²) in [5, 5.41) is 20.7. The number of halogens is 1. The highest BCUT2D eigenvalue weighted by atomic mass is 35.5. The molecule has 0 aliphatic carbocycles. The second kappa shape index (κ2) is 6.25. The number of benzene rings is 1. The lowest BCUT2D eigenvalue weighted by Gasteiger charge is -2.18. The fourth-order valence-electron chi connectivity index (χ4n) is 1.27. The molecule has 1 rings (SSSR count). The van der Waals surface area contributed by atoms with Gasteiger partial charge in [-0.2, -0.15) is 11.8 Å². The summed E-state index contributed by atoms with van der Waals surface area (Å²) in [5.74, 6) is -0.417. The number of aliphatic imine (C=N–C) groups is 1. The Hall–Kier alpha value is -1.27. The molecular formula is C12H15ClN2O3S. The van der Waals surface area contributed by atoms with Crippen LogP contribution >= 0.6 is 23.4 Å². The number of phenols is 1. The molecule has 0 aliphatic heterocycles. The molecule has 0 saturated carbocycles. The van der Waals surface area contributed by atoms with Crippen molar-refractivity contribution in [3.63, 3.8) is 0 Å². The van der Waals surface area contributed by atoms with Gasteiger partial charge in [0.2, 0.25) is 5.75 Å². The Kier molecular flexibility index (Phi) is 5.20. The number of nitrogens with zero attached hydrogens (tertiary/aromatic N) is 2. The topological polar surface area (TPSA) is 75.7 Å². The molecule has 1 N–H and O–H groups in total. The van der Waals surface area contributed by atoms with Gasteiger partial charge in [-0.15, -0.1) is 0 Å². The van der Waals surface area contributed by atoms with E-state index in [9.17, 15) is 15.2 Å². The highest BCUT2D eigenvalue weighted by Crippen LogP contribution is 2.32. The van der Waals surface area contributed by atoms with Crippen molar-refractivity contribution >= 4 is 35.3 Å². The first kappa shape index (κ1) is 15.8. The molecule has 0 unspecified atom stereocenters. The van der Waals surface area contributed by atoms with Crippen LogP contribution in [-0.2, 0) is 0 Å². The average molecular weight is 303 g/mol. The standard InChI is InChI=1S/C12H15ClN2O3S/c1-12(2,19-3)7-14-6-8-4-9(13)5-10(11(8)16)15(17)18/h4-6,16H,7H2,1-3H3. The lowest BCUT2D eigenvalue weighted by molar-refractivity contribution is -0.385. The molecular weight excluding hydrogens is 288 g/mol. The summed E-state index contributed by atoms with van der Waals surface area (Å²) in [6, 6.07) is 2.56. The van der Waals surface area contributed by atoms with Crippen LogP contribution in [0.1, 0.15) is 19.4 Å². The molecule has 0 bridgehead atoms. The Bertz CT molecular complexity index is 518. The largest absolute Gasteiger partial charge is 0.502 e. The molecule has 1 aromatic carbocycles. The number of thioether (sulfide) groups is 1. The van der Waals surface area contributed by atoms with Crippen LogP contribution in [0.2, 0.25) is 5.02 Å². The first-order valence-electron chi connectivity index (χ1n) is 5.49. The molecule has 0 heterocycles. The second-order valence-corrected chi connectivity index (χ2v) is 6.50. The van der Waals surface area contributed by atoms with Crippen LogP contribution in [0, 0.1) is 10.1 Å². The lowest BCUT2D eigenvalue weighted by Crippen LogP contribution is -2.18. The van der Waals surface area contributed by atoms with E-state index < -0.39 is 16.4 Å². The van der Waals surface area contributed by atoms with E-state index in [1.165, 1.54) is 12.3 Å². The van der Waals surface area contributed by atoms with Crippen molar-refractivity contribution in [1.82, 2.24) is 0 Å². The van der Waals surface area contributed by atoms with Crippen molar-refractivity contribution < 1.29 is 10.0 Å². The van der Waals surface area contributed by atoms with Gasteiger partial charge in [-0.05, 0) is 26.2 Å². The molecule has 0 aliphatic rings. The van der Waals surface area contributed by atoms with Crippen LogP contribution < -0.4 is 0 Å². The number of aromatic hydroxyl groups is 1. The monoisotopic (exact) mass is 302 g/mol. The third-order valence-corrected chi connectivity index (χ3v) is 3.99. The Morgan fingerprint density at radius 1 is 1.58 bits per heavy atom. The highest BCUT2D eigenvalue weighted by molar-refractivity contribution is 7.99. The van der Waals surface area contributed by atoms with Crippen molar-refractivity contribution in [2.45, 2.75) is 18.6 Å². The minimum atomic E-state index is -0.676. The molecule has 0 fully saturated rings. The van der Waals surface area contributed by atoms with Crippen LogP contribution in [0.4, 0.5) is 5.69 Å². The fraction of sp³-hybridized carbons (Fsp3) is 0.417. The minimum absolute atomic E-state index is 0.0311. The minimum Gasteiger partial charge on any atom is -0.502 e. The zero-order chi connectivity index (χ0) is 14.6. The first-order valence-corrected chi connectivity index (χ1v) is 7.09. The third-order valence-electron chi connectivity index (χ3n) is 2.54. The van der Waals surface area contributed by atoms with Crippen LogP contribution in [0.3, 0.4) is 0 Å². The Morgan fingerprint density at radius 2 is 2.21 bits per heavy atom. The van der Waals surface area contributed by atoms with E-state index in [0.29, 0.717) is 6.54 Å². The van der Waals surface area contributed by atoms with Gasteiger partial charge in [0.25, 0.3) is 0 Å². The highest BCUT2D eigenvalue weighted by Gasteiger charge is 2.18. The summed E-state index contributed by atoms with van der Waals surface area (Å²) in [5.41, 5.74) is -0.172. The molecule has 0 spiro atoms. The molecule has 19 heavy (non-hydrogen) atoms. The molecule has 0 saturated heterocycles. The molecule has 1 aromatic rings. The zero-order valence-corrected chi connectivity index (χ0v) is 12.5. The van der Waals surface area contributed by atoms with E-state index >= 15 is 0 Å². The zero-order valence-electron chi connectivity index (χ0n) is 10.9. The van der Waals surface area contributed by atoms with Gasteiger partial charge in [0.15, 0.2) is 0 Å². The molecule has 0 amide bonds. The van der Waals surface area contributed by atoms with Crippen molar-refractivity contribution in [1.29, 1.82) is 0 Å². The van der Waals surface area contributed by atoms with Gasteiger partial charge < -0.3 is 5.11 Å². The molecule has 5 nitrogen and oxygen atoms in total. The quantitative estimate of drug-likeness (QED) is 0.513. The molecule has 7 heteroatoms. The number of nitro benzene ring substituents is 1. The maximum Gasteiger partial charge on any atom is 0.312 e. The van der Waals surface area contributed by atoms with Crippen LogP contribution in [0.5, 0.6) is 5.75 Å². The third kappa shape index (κ3) is 4.40. The lowest BCUT2D eigenvalue weighted by atomic mass is 10.2. The van der Waals surface area contributed by atoms with Gasteiger partial charge in [0.05, 0.1) is 11.5 Å². The fourth-order valence-corrected chi connectivity index (χ4v) is 1.70. The smallest absolute Gasteiger partial charge is 0.312 e. The average Bonchev–Trinajstić information content (AvgIpc) is 2.32. The van der Waals surface area contributed by atoms with Gasteiger partial charge >= 0.3 is 5.69 Å². The Labute approximate surface area is 120 Å². The number of rotatable bonds is 5. The van der Waals surface area contributed by atoms with Gasteiger partial charge in [0.1, 0.15) is 0 Å². The normalized spacial score (nSPS) is 12.0. The van der Waals surface area contributed by atoms with Gasteiger partial charge in [0, 0.05) is 27.6 Å². The van der Waals surface area contributed by atoms with Crippen LogP contribution in [0.15, 0.2) is 17.1 Å². The van der Waals surface area contributed by atoms with E-state index in [-0.39, 0.29) is 15.3 Å². The molecule has 0 aromatic heterocycles. The van der Waals surface area contributed by atoms with Gasteiger partial charge in [-0.3, -0.25) is 15.1 Å². The van der Waals surface area contributed by atoms with Gasteiger partial charge in [-0.1, -0.05) is 11.6 Å². The maximum absolute atomic E-state index is 10.7. The van der Waals surface area contributed by atoms with E-state index in [0.717, 1.165) is 6.07 Å². The summed E-state index contributed by atoms with van der Waals surface area (Å²) in [4.78, 5) is 14.3. The predicted molar refractivity (Wildman–Crippen MR) is 79.8 cm³/mol. The van der Waals surface area contributed by atoms with Crippen LogP contribution in [-0.4, -0.2) is 33.8 Å². The summed E-state index contributed by atoms with van der Waals surface area (Å²) >= 11 is 7.45. The number of hydrogen-bond acceptors (Lipinski definition) is 5. The van der Waals surface area contributed by atoms with E-state index in [4.69, 9.17) is 11.6 Å². The Balaban J connectivity index is 3.02. The molecule has 0 atom stereocenters.